The molecule has 1 atom stereocenters. The van der Waals surface area contributed by atoms with Gasteiger partial charge in [-0.2, -0.15) is 16.7 Å². The molecule has 0 aliphatic carbocycles. The third kappa shape index (κ3) is 7.86. The van der Waals surface area contributed by atoms with E-state index in [1.165, 1.54) is 5.56 Å². The van der Waals surface area contributed by atoms with Crippen LogP contribution in [0.5, 0.6) is 0 Å². The number of carbonyl (C=O) groups is 1. The van der Waals surface area contributed by atoms with Crippen LogP contribution in [0, 0.1) is 5.92 Å². The molecule has 2 aromatic carbocycles. The van der Waals surface area contributed by atoms with Crippen molar-refractivity contribution in [2.24, 2.45) is 5.92 Å². The van der Waals surface area contributed by atoms with Crippen LogP contribution in [0.4, 0.5) is 0 Å². The second-order valence-corrected chi connectivity index (χ2v) is 10.9. The van der Waals surface area contributed by atoms with Gasteiger partial charge >= 0.3 is 0 Å². The van der Waals surface area contributed by atoms with Crippen molar-refractivity contribution >= 4 is 52.5 Å². The molecule has 3 aromatic rings. The highest BCUT2D eigenvalue weighted by Crippen LogP contribution is 2.29. The van der Waals surface area contributed by atoms with Crippen LogP contribution in [0.2, 0.25) is 15.1 Å². The maximum absolute atomic E-state index is 12.7. The minimum atomic E-state index is -0.0291. The average molecular weight is 554 g/mol. The molecule has 1 aromatic heterocycles. The van der Waals surface area contributed by atoms with Gasteiger partial charge in [-0.1, -0.05) is 52.1 Å². The van der Waals surface area contributed by atoms with E-state index in [4.69, 9.17) is 39.3 Å². The van der Waals surface area contributed by atoms with E-state index in [2.05, 4.69) is 20.4 Å². The van der Waals surface area contributed by atoms with Crippen LogP contribution in [-0.4, -0.2) is 46.3 Å². The lowest BCUT2D eigenvalue weighted by Crippen LogP contribution is -2.43. The van der Waals surface area contributed by atoms with E-state index in [1.807, 2.05) is 36.0 Å². The predicted molar refractivity (Wildman–Crippen MR) is 143 cm³/mol. The topological polar surface area (TPSA) is 71.3 Å². The number of benzene rings is 2. The molecule has 1 amide bonds. The Balaban J connectivity index is 1.18. The second kappa shape index (κ2) is 13.0. The average Bonchev–Trinajstić information content (AvgIpc) is 3.30. The Morgan fingerprint density at radius 3 is 2.74 bits per heavy atom. The summed E-state index contributed by atoms with van der Waals surface area (Å²) in [5.41, 5.74) is 1.93. The van der Waals surface area contributed by atoms with Gasteiger partial charge in [0.2, 0.25) is 17.6 Å². The van der Waals surface area contributed by atoms with Crippen molar-refractivity contribution in [3.05, 3.63) is 69.0 Å². The van der Waals surface area contributed by atoms with Crippen molar-refractivity contribution < 1.29 is 9.32 Å². The van der Waals surface area contributed by atoms with Gasteiger partial charge in [0.1, 0.15) is 0 Å². The minimum absolute atomic E-state index is 0.0291. The molecule has 6 nitrogen and oxygen atoms in total. The summed E-state index contributed by atoms with van der Waals surface area (Å²) < 4.78 is 5.44. The van der Waals surface area contributed by atoms with Crippen LogP contribution in [0.25, 0.3) is 11.4 Å². The lowest BCUT2D eigenvalue weighted by molar-refractivity contribution is -0.126. The number of hydrogen-bond acceptors (Lipinski definition) is 6. The number of thioether (sulfide) groups is 1. The highest BCUT2D eigenvalue weighted by Gasteiger charge is 2.26. The molecule has 186 valence electrons. The molecule has 0 spiro atoms. The molecule has 1 fully saturated rings. The minimum Gasteiger partial charge on any atom is -0.356 e. The summed E-state index contributed by atoms with van der Waals surface area (Å²) in [7, 11) is 0. The van der Waals surface area contributed by atoms with Crippen molar-refractivity contribution in [2.75, 3.05) is 25.4 Å². The second-order valence-electron chi connectivity index (χ2n) is 8.53. The molecule has 35 heavy (non-hydrogen) atoms. The zero-order chi connectivity index (χ0) is 24.6. The Hall–Kier alpha value is -1.77. The van der Waals surface area contributed by atoms with Gasteiger partial charge in [-0.15, -0.1) is 0 Å². The molecule has 1 aliphatic heterocycles. The molecule has 0 radical (unpaired) electrons. The van der Waals surface area contributed by atoms with Crippen molar-refractivity contribution in [1.82, 2.24) is 20.4 Å². The van der Waals surface area contributed by atoms with E-state index in [1.54, 1.807) is 18.2 Å². The van der Waals surface area contributed by atoms with Crippen LogP contribution >= 0.6 is 46.6 Å². The van der Waals surface area contributed by atoms with E-state index in [-0.39, 0.29) is 11.8 Å². The van der Waals surface area contributed by atoms with Gasteiger partial charge in [0.05, 0.1) is 17.5 Å². The highest BCUT2D eigenvalue weighted by molar-refractivity contribution is 7.98. The molecular formula is C25H27Cl3N4O2S. The maximum atomic E-state index is 12.7. The first-order valence-corrected chi connectivity index (χ1v) is 13.9. The molecule has 1 saturated heterocycles. The largest absolute Gasteiger partial charge is 0.356 e. The number of carbonyl (C=O) groups excluding carboxylic acids is 1. The highest BCUT2D eigenvalue weighted by atomic mass is 35.5. The lowest BCUT2D eigenvalue weighted by atomic mass is 9.97. The van der Waals surface area contributed by atoms with Crippen molar-refractivity contribution in [1.29, 1.82) is 0 Å². The Morgan fingerprint density at radius 2 is 1.94 bits per heavy atom. The quantitative estimate of drug-likeness (QED) is 0.295. The van der Waals surface area contributed by atoms with Crippen molar-refractivity contribution in [3.8, 4) is 11.4 Å². The number of piperidine rings is 1. The molecular weight excluding hydrogens is 527 g/mol. The molecule has 10 heteroatoms. The standard InChI is InChI=1S/C25H27Cl3N4O2S/c26-19-6-4-17(5-7-19)16-35-12-2-10-29-25(33)18-3-1-11-32(14-18)15-23-30-24(31-34-23)21-9-8-20(27)13-22(21)28/h4-9,13,18H,1-3,10-12,14-16H2,(H,29,33). The van der Waals surface area contributed by atoms with Gasteiger partial charge in [0, 0.05) is 34.5 Å². The number of amides is 1. The van der Waals surface area contributed by atoms with Crippen molar-refractivity contribution in [2.45, 2.75) is 31.6 Å². The summed E-state index contributed by atoms with van der Waals surface area (Å²) in [5, 5.41) is 8.95. The Kier molecular flexibility index (Phi) is 9.75. The lowest BCUT2D eigenvalue weighted by Gasteiger charge is -2.30. The van der Waals surface area contributed by atoms with Gasteiger partial charge in [0.15, 0.2) is 0 Å². The number of hydrogen-bond donors (Lipinski definition) is 1. The Morgan fingerprint density at radius 1 is 1.14 bits per heavy atom. The summed E-state index contributed by atoms with van der Waals surface area (Å²) in [4.78, 5) is 19.4. The fraction of sp³-hybridized carbons (Fsp3) is 0.400. The molecule has 1 aliphatic rings. The van der Waals surface area contributed by atoms with Gasteiger partial charge in [-0.3, -0.25) is 9.69 Å². The predicted octanol–water partition coefficient (Wildman–Crippen LogP) is 6.35. The van der Waals surface area contributed by atoms with E-state index in [0.29, 0.717) is 47.0 Å². The number of halogens is 3. The smallest absolute Gasteiger partial charge is 0.241 e. The normalized spacial score (nSPS) is 16.4. The first-order chi connectivity index (χ1) is 17.0. The number of aromatic nitrogens is 2. The van der Waals surface area contributed by atoms with E-state index in [9.17, 15) is 4.79 Å². The Bertz CT molecular complexity index is 1130. The number of likely N-dealkylation sites (tertiary alicyclic amines) is 1. The zero-order valence-corrected chi connectivity index (χ0v) is 22.3. The third-order valence-corrected chi connectivity index (χ3v) is 7.74. The van der Waals surface area contributed by atoms with Gasteiger partial charge in [-0.25, -0.2) is 0 Å². The van der Waals surface area contributed by atoms with Crippen LogP contribution in [-0.2, 0) is 17.1 Å². The number of nitrogens with zero attached hydrogens (tertiary/aromatic N) is 3. The molecule has 4 rings (SSSR count). The number of nitrogens with one attached hydrogen (secondary N) is 1. The van der Waals surface area contributed by atoms with Crippen LogP contribution < -0.4 is 5.32 Å². The molecule has 0 saturated carbocycles. The first-order valence-electron chi connectivity index (χ1n) is 11.6. The molecule has 0 bridgehead atoms. The van der Waals surface area contributed by atoms with Gasteiger partial charge in [0.25, 0.3) is 0 Å². The summed E-state index contributed by atoms with van der Waals surface area (Å²) in [6.07, 6.45) is 2.79. The fourth-order valence-electron chi connectivity index (χ4n) is 4.00. The summed E-state index contributed by atoms with van der Waals surface area (Å²) >= 11 is 20.0. The van der Waals surface area contributed by atoms with Gasteiger partial charge in [-0.05, 0) is 67.5 Å². The van der Waals surface area contributed by atoms with Crippen LogP contribution in [0.3, 0.4) is 0 Å². The van der Waals surface area contributed by atoms with E-state index < -0.39 is 0 Å². The zero-order valence-electron chi connectivity index (χ0n) is 19.2. The maximum Gasteiger partial charge on any atom is 0.241 e. The van der Waals surface area contributed by atoms with Crippen LogP contribution in [0.1, 0.15) is 30.7 Å². The van der Waals surface area contributed by atoms with Crippen LogP contribution in [0.15, 0.2) is 47.0 Å². The summed E-state index contributed by atoms with van der Waals surface area (Å²) in [6, 6.07) is 13.1. The first kappa shape index (κ1) is 26.3. The van der Waals surface area contributed by atoms with Crippen molar-refractivity contribution in [3.63, 3.8) is 0 Å². The molecule has 1 N–H and O–H groups in total. The number of rotatable bonds is 10. The summed E-state index contributed by atoms with van der Waals surface area (Å²) in [5.74, 6) is 2.98. The molecule has 1 unspecified atom stereocenters. The summed E-state index contributed by atoms with van der Waals surface area (Å²) in [6.45, 7) is 2.77. The van der Waals surface area contributed by atoms with E-state index in [0.717, 1.165) is 42.3 Å². The van der Waals surface area contributed by atoms with E-state index >= 15 is 0 Å². The third-order valence-electron chi connectivity index (χ3n) is 5.82. The molecule has 2 heterocycles. The SMILES string of the molecule is O=C(NCCCSCc1ccc(Cl)cc1)C1CCCN(Cc2nc(-c3ccc(Cl)cc3Cl)no2)C1. The van der Waals surface area contributed by atoms with Gasteiger partial charge < -0.3 is 9.84 Å². The monoisotopic (exact) mass is 552 g/mol. The Labute approximate surface area is 224 Å². The fourth-order valence-corrected chi connectivity index (χ4v) is 5.54.